The van der Waals surface area contributed by atoms with Gasteiger partial charge in [-0.25, -0.2) is 4.79 Å². The number of anilines is 1. The van der Waals surface area contributed by atoms with Gasteiger partial charge in [0, 0.05) is 37.9 Å². The van der Waals surface area contributed by atoms with Crippen molar-refractivity contribution in [1.29, 1.82) is 0 Å². The minimum absolute atomic E-state index is 0.0413. The number of hydrogen-bond donors (Lipinski definition) is 1. The number of amides is 3. The van der Waals surface area contributed by atoms with Gasteiger partial charge in [0.25, 0.3) is 5.91 Å². The molecule has 0 unspecified atom stereocenters. The Balaban J connectivity index is 1.51. The standard InChI is InChI=1S/C22H21N3O2/c1-24(15-18-7-4-6-16-5-2-3-8-20(16)18)21(26)17-9-11-19(12-10-17)25-14-13-23-22(25)27/h2-12H,13-15H2,1H3,(H,23,27). The summed E-state index contributed by atoms with van der Waals surface area (Å²) in [7, 11) is 1.81. The molecule has 27 heavy (non-hydrogen) atoms. The topological polar surface area (TPSA) is 52.7 Å². The Labute approximate surface area is 158 Å². The predicted molar refractivity (Wildman–Crippen MR) is 107 cm³/mol. The number of fused-ring (bicyclic) bond motifs is 1. The lowest BCUT2D eigenvalue weighted by Crippen LogP contribution is -2.28. The Bertz CT molecular complexity index is 993. The second kappa shape index (κ2) is 7.11. The lowest BCUT2D eigenvalue weighted by molar-refractivity contribution is 0.0785. The third-order valence-electron chi connectivity index (χ3n) is 4.92. The summed E-state index contributed by atoms with van der Waals surface area (Å²) in [5.41, 5.74) is 2.54. The highest BCUT2D eigenvalue weighted by molar-refractivity contribution is 5.97. The van der Waals surface area contributed by atoms with Crippen molar-refractivity contribution in [2.75, 3.05) is 25.0 Å². The van der Waals surface area contributed by atoms with Gasteiger partial charge in [-0.1, -0.05) is 42.5 Å². The highest BCUT2D eigenvalue weighted by Gasteiger charge is 2.21. The fourth-order valence-corrected chi connectivity index (χ4v) is 3.48. The summed E-state index contributed by atoms with van der Waals surface area (Å²) in [6.45, 7) is 1.83. The van der Waals surface area contributed by atoms with Gasteiger partial charge < -0.3 is 10.2 Å². The van der Waals surface area contributed by atoms with Gasteiger partial charge in [0.15, 0.2) is 0 Å². The van der Waals surface area contributed by atoms with Gasteiger partial charge in [-0.2, -0.15) is 0 Å². The normalized spacial score (nSPS) is 13.7. The van der Waals surface area contributed by atoms with Crippen molar-refractivity contribution >= 4 is 28.4 Å². The van der Waals surface area contributed by atoms with E-state index in [1.54, 1.807) is 21.9 Å². The van der Waals surface area contributed by atoms with E-state index in [0.29, 0.717) is 25.2 Å². The van der Waals surface area contributed by atoms with Crippen molar-refractivity contribution in [1.82, 2.24) is 10.2 Å². The first-order chi connectivity index (χ1) is 13.1. The molecule has 1 aliphatic heterocycles. The number of carbonyl (C=O) groups is 2. The maximum absolute atomic E-state index is 12.8. The van der Waals surface area contributed by atoms with Gasteiger partial charge in [0.1, 0.15) is 0 Å². The fraction of sp³-hybridized carbons (Fsp3) is 0.182. The SMILES string of the molecule is CN(Cc1cccc2ccccc12)C(=O)c1ccc(N2CCNC2=O)cc1. The van der Waals surface area contributed by atoms with Gasteiger partial charge in [-0.15, -0.1) is 0 Å². The van der Waals surface area contributed by atoms with Gasteiger partial charge in [0.05, 0.1) is 0 Å². The molecule has 0 radical (unpaired) electrons. The minimum Gasteiger partial charge on any atom is -0.337 e. The number of carbonyl (C=O) groups excluding carboxylic acids is 2. The average Bonchev–Trinajstić information content (AvgIpc) is 3.13. The average molecular weight is 359 g/mol. The number of nitrogens with one attached hydrogen (secondary N) is 1. The van der Waals surface area contributed by atoms with E-state index < -0.39 is 0 Å². The van der Waals surface area contributed by atoms with Crippen LogP contribution in [0.2, 0.25) is 0 Å². The molecule has 4 rings (SSSR count). The molecule has 5 heteroatoms. The van der Waals surface area contributed by atoms with Gasteiger partial charge in [-0.05, 0) is 40.6 Å². The molecule has 136 valence electrons. The van der Waals surface area contributed by atoms with Crippen LogP contribution in [-0.2, 0) is 6.54 Å². The second-order valence-corrected chi connectivity index (χ2v) is 6.73. The van der Waals surface area contributed by atoms with E-state index in [2.05, 4.69) is 29.6 Å². The molecule has 1 N–H and O–H groups in total. The Morgan fingerprint density at radius 1 is 1.04 bits per heavy atom. The van der Waals surface area contributed by atoms with E-state index in [4.69, 9.17) is 0 Å². The van der Waals surface area contributed by atoms with Crippen LogP contribution in [-0.4, -0.2) is 37.0 Å². The molecule has 1 heterocycles. The zero-order valence-electron chi connectivity index (χ0n) is 15.2. The molecule has 3 amide bonds. The Morgan fingerprint density at radius 2 is 1.78 bits per heavy atom. The molecule has 3 aromatic rings. The number of benzene rings is 3. The van der Waals surface area contributed by atoms with E-state index >= 15 is 0 Å². The van der Waals surface area contributed by atoms with Crippen molar-refractivity contribution in [2.45, 2.75) is 6.54 Å². The van der Waals surface area contributed by atoms with E-state index in [1.807, 2.05) is 37.4 Å². The van der Waals surface area contributed by atoms with Crippen LogP contribution in [0.25, 0.3) is 10.8 Å². The van der Waals surface area contributed by atoms with E-state index in [9.17, 15) is 9.59 Å². The fourth-order valence-electron chi connectivity index (χ4n) is 3.48. The maximum atomic E-state index is 12.8. The van der Waals surface area contributed by atoms with Crippen LogP contribution in [0, 0.1) is 0 Å². The monoisotopic (exact) mass is 359 g/mol. The van der Waals surface area contributed by atoms with Crippen molar-refractivity contribution in [3.8, 4) is 0 Å². The van der Waals surface area contributed by atoms with Gasteiger partial charge in [0.2, 0.25) is 0 Å². The number of hydrogen-bond acceptors (Lipinski definition) is 2. The summed E-state index contributed by atoms with van der Waals surface area (Å²) < 4.78 is 0. The summed E-state index contributed by atoms with van der Waals surface area (Å²) in [4.78, 5) is 28.0. The molecule has 1 aliphatic rings. The van der Waals surface area contributed by atoms with Crippen LogP contribution in [0.15, 0.2) is 66.7 Å². The van der Waals surface area contributed by atoms with Crippen molar-refractivity contribution < 1.29 is 9.59 Å². The van der Waals surface area contributed by atoms with Crippen LogP contribution >= 0.6 is 0 Å². The Morgan fingerprint density at radius 3 is 2.52 bits per heavy atom. The van der Waals surface area contributed by atoms with Crippen LogP contribution in [0.5, 0.6) is 0 Å². The first-order valence-corrected chi connectivity index (χ1v) is 9.01. The molecule has 3 aromatic carbocycles. The molecule has 0 bridgehead atoms. The maximum Gasteiger partial charge on any atom is 0.321 e. The molecular formula is C22H21N3O2. The molecule has 0 atom stereocenters. The minimum atomic E-state index is -0.0952. The van der Waals surface area contributed by atoms with E-state index in [1.165, 1.54) is 5.39 Å². The number of urea groups is 1. The lowest BCUT2D eigenvalue weighted by Gasteiger charge is -2.19. The molecule has 1 saturated heterocycles. The first kappa shape index (κ1) is 17.1. The molecule has 5 nitrogen and oxygen atoms in total. The van der Waals surface area contributed by atoms with Gasteiger partial charge in [-0.3, -0.25) is 9.69 Å². The summed E-state index contributed by atoms with van der Waals surface area (Å²) >= 11 is 0. The zero-order valence-corrected chi connectivity index (χ0v) is 15.2. The number of nitrogens with zero attached hydrogens (tertiary/aromatic N) is 2. The molecule has 1 fully saturated rings. The Hall–Kier alpha value is -3.34. The number of rotatable bonds is 4. The van der Waals surface area contributed by atoms with Crippen LogP contribution < -0.4 is 10.2 Å². The molecule has 0 saturated carbocycles. The van der Waals surface area contributed by atoms with Gasteiger partial charge >= 0.3 is 6.03 Å². The predicted octanol–water partition coefficient (Wildman–Crippen LogP) is 3.64. The molecular weight excluding hydrogens is 338 g/mol. The van der Waals surface area contributed by atoms with Crippen molar-refractivity contribution in [3.63, 3.8) is 0 Å². The summed E-state index contributed by atoms with van der Waals surface area (Å²) in [5, 5.41) is 5.11. The van der Waals surface area contributed by atoms with Crippen LogP contribution in [0.4, 0.5) is 10.5 Å². The van der Waals surface area contributed by atoms with E-state index in [-0.39, 0.29) is 11.9 Å². The first-order valence-electron chi connectivity index (χ1n) is 9.01. The van der Waals surface area contributed by atoms with E-state index in [0.717, 1.165) is 16.6 Å². The lowest BCUT2D eigenvalue weighted by atomic mass is 10.0. The zero-order chi connectivity index (χ0) is 18.8. The largest absolute Gasteiger partial charge is 0.337 e. The molecule has 0 spiro atoms. The third-order valence-corrected chi connectivity index (χ3v) is 4.92. The second-order valence-electron chi connectivity index (χ2n) is 6.73. The summed E-state index contributed by atoms with van der Waals surface area (Å²) in [5.74, 6) is -0.0413. The smallest absolute Gasteiger partial charge is 0.321 e. The quantitative estimate of drug-likeness (QED) is 0.773. The highest BCUT2D eigenvalue weighted by atomic mass is 16.2. The molecule has 0 aliphatic carbocycles. The van der Waals surface area contributed by atoms with Crippen molar-refractivity contribution in [3.05, 3.63) is 77.9 Å². The van der Waals surface area contributed by atoms with Crippen LogP contribution in [0.1, 0.15) is 15.9 Å². The molecule has 0 aromatic heterocycles. The highest BCUT2D eigenvalue weighted by Crippen LogP contribution is 2.21. The third kappa shape index (κ3) is 3.36. The van der Waals surface area contributed by atoms with Crippen LogP contribution in [0.3, 0.4) is 0 Å². The Kier molecular flexibility index (Phi) is 4.50. The summed E-state index contributed by atoms with van der Waals surface area (Å²) in [6, 6.07) is 21.5. The van der Waals surface area contributed by atoms with Crippen molar-refractivity contribution in [2.24, 2.45) is 0 Å². The summed E-state index contributed by atoms with van der Waals surface area (Å²) in [6.07, 6.45) is 0.